The highest BCUT2D eigenvalue weighted by Gasteiger charge is 2.55. The molecular weight excluding hydrogens is 332 g/mol. The van der Waals surface area contributed by atoms with Crippen molar-refractivity contribution >= 4 is 23.2 Å². The van der Waals surface area contributed by atoms with Gasteiger partial charge in [-0.2, -0.15) is 0 Å². The van der Waals surface area contributed by atoms with Crippen molar-refractivity contribution < 1.29 is 4.79 Å². The summed E-state index contributed by atoms with van der Waals surface area (Å²) in [5.74, 6) is 2.99. The molecule has 25 heavy (non-hydrogen) atoms. The second-order valence-electron chi connectivity index (χ2n) is 8.96. The average molecular weight is 359 g/mol. The quantitative estimate of drug-likeness (QED) is 0.790. The van der Waals surface area contributed by atoms with Gasteiger partial charge in [-0.25, -0.2) is 0 Å². The minimum atomic E-state index is 0.00692. The molecule has 4 heteroatoms. The summed E-state index contributed by atoms with van der Waals surface area (Å²) in [7, 11) is 0. The van der Waals surface area contributed by atoms with Crippen molar-refractivity contribution in [1.82, 2.24) is 4.90 Å². The van der Waals surface area contributed by atoms with Gasteiger partial charge >= 0.3 is 0 Å². The Hall–Kier alpha value is -1.22. The molecule has 1 aromatic carbocycles. The normalized spacial score (nSPS) is 36.8. The molecular formula is C21H27ClN2O. The third kappa shape index (κ3) is 2.75. The van der Waals surface area contributed by atoms with Crippen molar-refractivity contribution in [1.29, 1.82) is 0 Å². The smallest absolute Gasteiger partial charge is 0.228 e. The number of amides is 1. The largest absolute Gasteiger partial charge is 0.368 e. The van der Waals surface area contributed by atoms with Gasteiger partial charge in [-0.05, 0) is 74.5 Å². The van der Waals surface area contributed by atoms with Crippen LogP contribution >= 0.6 is 11.6 Å². The first-order valence-corrected chi connectivity index (χ1v) is 10.3. The third-order valence-corrected chi connectivity index (χ3v) is 7.47. The summed E-state index contributed by atoms with van der Waals surface area (Å²) < 4.78 is 0. The highest BCUT2D eigenvalue weighted by atomic mass is 35.5. The maximum Gasteiger partial charge on any atom is 0.228 e. The van der Waals surface area contributed by atoms with Crippen LogP contribution in [0.3, 0.4) is 0 Å². The van der Waals surface area contributed by atoms with Crippen LogP contribution in [0, 0.1) is 23.2 Å². The topological polar surface area (TPSA) is 23.6 Å². The molecule has 0 radical (unpaired) electrons. The molecule has 5 aliphatic rings. The zero-order chi connectivity index (χ0) is 17.0. The second-order valence-corrected chi connectivity index (χ2v) is 9.39. The Labute approximate surface area is 155 Å². The lowest BCUT2D eigenvalue weighted by Gasteiger charge is -2.57. The minimum Gasteiger partial charge on any atom is -0.368 e. The number of carbonyl (C=O) groups excluding carboxylic acids is 1. The van der Waals surface area contributed by atoms with E-state index in [4.69, 9.17) is 11.6 Å². The zero-order valence-electron chi connectivity index (χ0n) is 14.8. The van der Waals surface area contributed by atoms with E-state index >= 15 is 0 Å². The van der Waals surface area contributed by atoms with E-state index in [2.05, 4.69) is 15.9 Å². The summed E-state index contributed by atoms with van der Waals surface area (Å²) in [5.41, 5.74) is 1.18. The molecule has 0 unspecified atom stereocenters. The van der Waals surface area contributed by atoms with Crippen LogP contribution in [0.2, 0.25) is 5.02 Å². The summed E-state index contributed by atoms with van der Waals surface area (Å²) in [5, 5.41) is 0.782. The van der Waals surface area contributed by atoms with Gasteiger partial charge in [0.1, 0.15) is 0 Å². The average Bonchev–Trinajstić information content (AvgIpc) is 2.60. The molecule has 0 atom stereocenters. The predicted molar refractivity (Wildman–Crippen MR) is 101 cm³/mol. The number of halogens is 1. The van der Waals surface area contributed by atoms with Crippen LogP contribution in [-0.2, 0) is 4.79 Å². The Balaban J connectivity index is 1.27. The number of nitrogens with zero attached hydrogens (tertiary/aromatic N) is 2. The highest BCUT2D eigenvalue weighted by Crippen LogP contribution is 2.60. The van der Waals surface area contributed by atoms with Gasteiger partial charge in [-0.1, -0.05) is 17.7 Å². The van der Waals surface area contributed by atoms with Gasteiger partial charge < -0.3 is 9.80 Å². The number of rotatable bonds is 2. The van der Waals surface area contributed by atoms with Gasteiger partial charge in [0.25, 0.3) is 0 Å². The van der Waals surface area contributed by atoms with E-state index in [1.165, 1.54) is 44.2 Å². The highest BCUT2D eigenvalue weighted by molar-refractivity contribution is 6.30. The molecule has 5 fully saturated rings. The first-order chi connectivity index (χ1) is 12.1. The second kappa shape index (κ2) is 5.90. The molecule has 0 aromatic heterocycles. The first kappa shape index (κ1) is 16.0. The fourth-order valence-electron chi connectivity index (χ4n) is 6.55. The van der Waals surface area contributed by atoms with E-state index < -0.39 is 0 Å². The Bertz CT molecular complexity index is 645. The summed E-state index contributed by atoms with van der Waals surface area (Å²) in [6, 6.07) is 8.06. The van der Waals surface area contributed by atoms with Gasteiger partial charge in [-0.3, -0.25) is 4.79 Å². The maximum atomic E-state index is 13.4. The van der Waals surface area contributed by atoms with Crippen LogP contribution in [0.15, 0.2) is 24.3 Å². The molecule has 1 saturated heterocycles. The Morgan fingerprint density at radius 1 is 0.960 bits per heavy atom. The van der Waals surface area contributed by atoms with Gasteiger partial charge in [0.15, 0.2) is 0 Å². The van der Waals surface area contributed by atoms with E-state index in [0.29, 0.717) is 5.91 Å². The van der Waals surface area contributed by atoms with E-state index in [9.17, 15) is 4.79 Å². The molecule has 0 spiro atoms. The van der Waals surface area contributed by atoms with Crippen molar-refractivity contribution in [2.24, 2.45) is 23.2 Å². The van der Waals surface area contributed by atoms with Crippen LogP contribution in [0.5, 0.6) is 0 Å². The molecule has 1 aromatic rings. The molecule has 6 rings (SSSR count). The molecule has 1 heterocycles. The molecule has 4 saturated carbocycles. The van der Waals surface area contributed by atoms with Crippen LogP contribution < -0.4 is 4.90 Å². The lowest BCUT2D eigenvalue weighted by Crippen LogP contribution is -2.58. The molecule has 1 amide bonds. The fraction of sp³-hybridized carbons (Fsp3) is 0.667. The minimum absolute atomic E-state index is 0.00692. The summed E-state index contributed by atoms with van der Waals surface area (Å²) >= 11 is 6.13. The lowest BCUT2D eigenvalue weighted by atomic mass is 9.49. The molecule has 0 N–H and O–H groups in total. The van der Waals surface area contributed by atoms with Crippen molar-refractivity contribution in [3.8, 4) is 0 Å². The number of benzene rings is 1. The predicted octanol–water partition coefficient (Wildman–Crippen LogP) is 4.21. The number of carbonyl (C=O) groups is 1. The van der Waals surface area contributed by atoms with E-state index in [-0.39, 0.29) is 5.41 Å². The van der Waals surface area contributed by atoms with Crippen LogP contribution in [-0.4, -0.2) is 37.0 Å². The SMILES string of the molecule is O=C(N1CCN(c2cccc(Cl)c2)CC1)C12CC3CC(CC(C3)C1)C2. The molecule has 4 bridgehead atoms. The fourth-order valence-corrected chi connectivity index (χ4v) is 6.73. The number of hydrogen-bond acceptors (Lipinski definition) is 2. The third-order valence-electron chi connectivity index (χ3n) is 7.23. The van der Waals surface area contributed by atoms with Crippen molar-refractivity contribution in [2.45, 2.75) is 38.5 Å². The Morgan fingerprint density at radius 2 is 1.56 bits per heavy atom. The lowest BCUT2D eigenvalue weighted by molar-refractivity contribution is -0.158. The zero-order valence-corrected chi connectivity index (χ0v) is 15.5. The van der Waals surface area contributed by atoms with Crippen LogP contribution in [0.1, 0.15) is 38.5 Å². The molecule has 134 valence electrons. The Morgan fingerprint density at radius 3 is 2.12 bits per heavy atom. The molecule has 1 aliphatic heterocycles. The summed E-state index contributed by atoms with van der Waals surface area (Å²) in [6.07, 6.45) is 7.71. The van der Waals surface area contributed by atoms with Gasteiger partial charge in [0.05, 0.1) is 5.41 Å². The van der Waals surface area contributed by atoms with Gasteiger partial charge in [0.2, 0.25) is 5.91 Å². The first-order valence-electron chi connectivity index (χ1n) is 9.91. The number of anilines is 1. The van der Waals surface area contributed by atoms with Gasteiger partial charge in [-0.15, -0.1) is 0 Å². The van der Waals surface area contributed by atoms with Crippen molar-refractivity contribution in [3.05, 3.63) is 29.3 Å². The summed E-state index contributed by atoms with van der Waals surface area (Å²) in [6.45, 7) is 3.54. The van der Waals surface area contributed by atoms with Crippen LogP contribution in [0.25, 0.3) is 0 Å². The van der Waals surface area contributed by atoms with Gasteiger partial charge in [0, 0.05) is 36.9 Å². The van der Waals surface area contributed by atoms with Crippen molar-refractivity contribution in [2.75, 3.05) is 31.1 Å². The van der Waals surface area contributed by atoms with Crippen LogP contribution in [0.4, 0.5) is 5.69 Å². The van der Waals surface area contributed by atoms with E-state index in [1.54, 1.807) is 0 Å². The molecule has 3 nitrogen and oxygen atoms in total. The molecule has 4 aliphatic carbocycles. The van der Waals surface area contributed by atoms with Crippen molar-refractivity contribution in [3.63, 3.8) is 0 Å². The summed E-state index contributed by atoms with van der Waals surface area (Å²) in [4.78, 5) is 18.0. The monoisotopic (exact) mass is 358 g/mol. The number of piperazine rings is 1. The maximum absolute atomic E-state index is 13.4. The number of hydrogen-bond donors (Lipinski definition) is 0. The van der Waals surface area contributed by atoms with E-state index in [0.717, 1.165) is 49.0 Å². The van der Waals surface area contributed by atoms with E-state index in [1.807, 2.05) is 18.2 Å². The Kier molecular flexibility index (Phi) is 3.78. The standard InChI is InChI=1S/C21H27ClN2O/c22-18-2-1-3-19(11-18)23-4-6-24(7-5-23)20(25)21-12-15-8-16(13-21)10-17(9-15)14-21/h1-3,11,15-17H,4-10,12-14H2.